The first-order valence-electron chi connectivity index (χ1n) is 6.42. The zero-order valence-corrected chi connectivity index (χ0v) is 11.1. The molecular formula is C15H14BNO3. The average molecular weight is 267 g/mol. The molecule has 0 aromatic heterocycles. The second-order valence-corrected chi connectivity index (χ2v) is 4.78. The van der Waals surface area contributed by atoms with E-state index in [-0.39, 0.29) is 5.91 Å². The molecule has 1 amide bonds. The number of hydrogen-bond donors (Lipinski definition) is 1. The summed E-state index contributed by atoms with van der Waals surface area (Å²) in [5.74, 6) is -0.0843. The van der Waals surface area contributed by atoms with E-state index in [1.165, 1.54) is 0 Å². The Morgan fingerprint density at radius 2 is 2.00 bits per heavy atom. The third-order valence-electron chi connectivity index (χ3n) is 3.50. The lowest BCUT2D eigenvalue weighted by molar-refractivity contribution is 0.0993. The van der Waals surface area contributed by atoms with E-state index in [1.54, 1.807) is 30.1 Å². The molecule has 1 aliphatic rings. The van der Waals surface area contributed by atoms with Gasteiger partial charge in [-0.25, -0.2) is 0 Å². The molecule has 1 N–H and O–H groups in total. The number of carbonyl (C=O) groups is 1. The number of anilines is 1. The Balaban J connectivity index is 1.90. The van der Waals surface area contributed by atoms with Crippen molar-refractivity contribution in [1.29, 1.82) is 0 Å². The SMILES string of the molecule is CN(C(=O)c1ccccc1)c1ccc2c(c1)B(O)OC2. The summed E-state index contributed by atoms with van der Waals surface area (Å²) in [4.78, 5) is 13.9. The maximum absolute atomic E-state index is 12.4. The molecule has 0 radical (unpaired) electrons. The van der Waals surface area contributed by atoms with Crippen molar-refractivity contribution >= 4 is 24.2 Å². The number of benzene rings is 2. The average Bonchev–Trinajstić information content (AvgIpc) is 2.87. The second-order valence-electron chi connectivity index (χ2n) is 4.78. The van der Waals surface area contributed by atoms with Gasteiger partial charge in [-0.15, -0.1) is 0 Å². The van der Waals surface area contributed by atoms with Crippen molar-refractivity contribution in [2.24, 2.45) is 0 Å². The predicted octanol–water partition coefficient (Wildman–Crippen LogP) is 1.18. The van der Waals surface area contributed by atoms with Gasteiger partial charge in [0.2, 0.25) is 0 Å². The Labute approximate surface area is 117 Å². The highest BCUT2D eigenvalue weighted by Crippen LogP contribution is 2.19. The maximum atomic E-state index is 12.4. The van der Waals surface area contributed by atoms with Crippen molar-refractivity contribution in [3.05, 3.63) is 59.7 Å². The summed E-state index contributed by atoms with van der Waals surface area (Å²) in [7, 11) is 0.823. The lowest BCUT2D eigenvalue weighted by Gasteiger charge is -2.18. The minimum Gasteiger partial charge on any atom is -0.423 e. The van der Waals surface area contributed by atoms with Gasteiger partial charge in [-0.3, -0.25) is 4.79 Å². The molecule has 0 bridgehead atoms. The number of carbonyl (C=O) groups excluding carboxylic acids is 1. The Morgan fingerprint density at radius 3 is 2.75 bits per heavy atom. The number of hydrogen-bond acceptors (Lipinski definition) is 3. The fourth-order valence-electron chi connectivity index (χ4n) is 2.30. The molecule has 3 rings (SSSR count). The molecule has 0 fully saturated rings. The number of amides is 1. The standard InChI is InChI=1S/C15H14BNO3/c1-17(15(18)11-5-3-2-4-6-11)13-8-7-12-10-20-16(19)14(12)9-13/h2-9,19H,10H2,1H3. The summed E-state index contributed by atoms with van der Waals surface area (Å²) < 4.78 is 5.16. The summed E-state index contributed by atoms with van der Waals surface area (Å²) in [5.41, 5.74) is 3.06. The Kier molecular flexibility index (Phi) is 3.30. The van der Waals surface area contributed by atoms with E-state index in [2.05, 4.69) is 0 Å². The molecule has 2 aromatic rings. The van der Waals surface area contributed by atoms with E-state index in [1.807, 2.05) is 30.3 Å². The highest BCUT2D eigenvalue weighted by Gasteiger charge is 2.28. The molecule has 1 heterocycles. The van der Waals surface area contributed by atoms with Crippen LogP contribution in [-0.4, -0.2) is 25.1 Å². The van der Waals surface area contributed by atoms with Gasteiger partial charge in [0.05, 0.1) is 6.61 Å². The van der Waals surface area contributed by atoms with Crippen molar-refractivity contribution in [2.45, 2.75) is 6.61 Å². The van der Waals surface area contributed by atoms with Crippen LogP contribution in [-0.2, 0) is 11.3 Å². The third-order valence-corrected chi connectivity index (χ3v) is 3.50. The summed E-state index contributed by atoms with van der Waals surface area (Å²) in [6.07, 6.45) is 0. The summed E-state index contributed by atoms with van der Waals surface area (Å²) in [5, 5.41) is 9.72. The molecule has 2 aromatic carbocycles. The van der Waals surface area contributed by atoms with Crippen LogP contribution >= 0.6 is 0 Å². The summed E-state index contributed by atoms with van der Waals surface area (Å²) in [6.45, 7) is 0.410. The van der Waals surface area contributed by atoms with Crippen LogP contribution < -0.4 is 10.4 Å². The van der Waals surface area contributed by atoms with Crippen molar-refractivity contribution in [3.8, 4) is 0 Å². The first kappa shape index (κ1) is 12.9. The molecule has 0 spiro atoms. The van der Waals surface area contributed by atoms with Crippen LogP contribution in [0.3, 0.4) is 0 Å². The molecule has 0 aliphatic carbocycles. The zero-order chi connectivity index (χ0) is 14.1. The van der Waals surface area contributed by atoms with Crippen molar-refractivity contribution < 1.29 is 14.5 Å². The van der Waals surface area contributed by atoms with Crippen LogP contribution in [0.4, 0.5) is 5.69 Å². The van der Waals surface area contributed by atoms with Gasteiger partial charge in [0, 0.05) is 18.3 Å². The number of fused-ring (bicyclic) bond motifs is 1. The molecule has 0 saturated carbocycles. The largest absolute Gasteiger partial charge is 0.491 e. The molecule has 0 saturated heterocycles. The molecule has 4 nitrogen and oxygen atoms in total. The molecule has 0 unspecified atom stereocenters. The molecule has 0 atom stereocenters. The van der Waals surface area contributed by atoms with E-state index in [0.29, 0.717) is 12.2 Å². The van der Waals surface area contributed by atoms with Crippen LogP contribution in [0.25, 0.3) is 0 Å². The van der Waals surface area contributed by atoms with Crippen molar-refractivity contribution in [2.75, 3.05) is 11.9 Å². The maximum Gasteiger partial charge on any atom is 0.491 e. The van der Waals surface area contributed by atoms with Gasteiger partial charge in [0.15, 0.2) is 0 Å². The van der Waals surface area contributed by atoms with E-state index in [9.17, 15) is 9.82 Å². The molecular weight excluding hydrogens is 253 g/mol. The molecule has 20 heavy (non-hydrogen) atoms. The van der Waals surface area contributed by atoms with Crippen LogP contribution in [0.15, 0.2) is 48.5 Å². The number of rotatable bonds is 2. The lowest BCUT2D eigenvalue weighted by atomic mass is 9.79. The van der Waals surface area contributed by atoms with Crippen molar-refractivity contribution in [3.63, 3.8) is 0 Å². The topological polar surface area (TPSA) is 49.8 Å². The summed E-state index contributed by atoms with van der Waals surface area (Å²) in [6, 6.07) is 14.7. The Morgan fingerprint density at radius 1 is 1.25 bits per heavy atom. The van der Waals surface area contributed by atoms with E-state index in [4.69, 9.17) is 4.65 Å². The van der Waals surface area contributed by atoms with Gasteiger partial charge in [0.25, 0.3) is 5.91 Å². The monoisotopic (exact) mass is 267 g/mol. The minimum absolute atomic E-state index is 0.0843. The van der Waals surface area contributed by atoms with Crippen LogP contribution in [0, 0.1) is 0 Å². The van der Waals surface area contributed by atoms with Gasteiger partial charge >= 0.3 is 7.12 Å². The number of nitrogens with zero attached hydrogens (tertiary/aromatic N) is 1. The van der Waals surface area contributed by atoms with Gasteiger partial charge in [-0.2, -0.15) is 0 Å². The third kappa shape index (κ3) is 2.22. The van der Waals surface area contributed by atoms with Gasteiger partial charge < -0.3 is 14.6 Å². The second kappa shape index (κ2) is 5.11. The van der Waals surface area contributed by atoms with Crippen molar-refractivity contribution in [1.82, 2.24) is 0 Å². The molecule has 1 aliphatic heterocycles. The molecule has 100 valence electrons. The highest BCUT2D eigenvalue weighted by molar-refractivity contribution is 6.61. The predicted molar refractivity (Wildman–Crippen MR) is 78.0 cm³/mol. The normalized spacial score (nSPS) is 13.2. The lowest BCUT2D eigenvalue weighted by Crippen LogP contribution is -2.31. The van der Waals surface area contributed by atoms with Gasteiger partial charge in [0.1, 0.15) is 0 Å². The van der Waals surface area contributed by atoms with Crippen LogP contribution in [0.2, 0.25) is 0 Å². The fourth-order valence-corrected chi connectivity index (χ4v) is 2.30. The smallest absolute Gasteiger partial charge is 0.423 e. The quantitative estimate of drug-likeness (QED) is 0.831. The summed E-state index contributed by atoms with van der Waals surface area (Å²) >= 11 is 0. The molecule has 5 heteroatoms. The Hall–Kier alpha value is -2.11. The van der Waals surface area contributed by atoms with Gasteiger partial charge in [-0.05, 0) is 35.3 Å². The van der Waals surface area contributed by atoms with E-state index >= 15 is 0 Å². The van der Waals surface area contributed by atoms with Crippen LogP contribution in [0.5, 0.6) is 0 Å². The minimum atomic E-state index is -0.898. The van der Waals surface area contributed by atoms with Crippen LogP contribution in [0.1, 0.15) is 15.9 Å². The highest BCUT2D eigenvalue weighted by atomic mass is 16.5. The first-order valence-corrected chi connectivity index (χ1v) is 6.42. The Bertz CT molecular complexity index is 645. The fraction of sp³-hybridized carbons (Fsp3) is 0.133. The zero-order valence-electron chi connectivity index (χ0n) is 11.1. The van der Waals surface area contributed by atoms with Gasteiger partial charge in [-0.1, -0.05) is 24.3 Å². The van der Waals surface area contributed by atoms with E-state index in [0.717, 1.165) is 16.7 Å². The first-order chi connectivity index (χ1) is 9.66. The van der Waals surface area contributed by atoms with E-state index < -0.39 is 7.12 Å².